The van der Waals surface area contributed by atoms with Gasteiger partial charge in [0.1, 0.15) is 59.3 Å². The molecule has 1 heterocycles. The summed E-state index contributed by atoms with van der Waals surface area (Å²) in [5.41, 5.74) is 7.75. The van der Waals surface area contributed by atoms with Gasteiger partial charge in [-0.15, -0.1) is 0 Å². The second-order valence-corrected chi connectivity index (χ2v) is 18.1. The molecule has 0 aromatic heterocycles. The van der Waals surface area contributed by atoms with Crippen molar-refractivity contribution in [2.45, 2.75) is 173 Å². The first-order chi connectivity index (χ1) is 28.2. The number of carbonyl (C=O) groups is 9. The Bertz CT molecular complexity index is 1620. The number of primary amides is 1. The van der Waals surface area contributed by atoms with Gasteiger partial charge in [0.15, 0.2) is 6.10 Å². The number of aliphatic hydroxyl groups excluding tert-OH is 3. The molecule has 0 saturated carbocycles. The van der Waals surface area contributed by atoms with E-state index in [1.165, 1.54) is 34.6 Å². The number of nitrogens with two attached hydrogens (primary N) is 2. The summed E-state index contributed by atoms with van der Waals surface area (Å²) in [6.07, 6.45) is -11.3. The van der Waals surface area contributed by atoms with Gasteiger partial charge in [0.25, 0.3) is 5.91 Å². The first-order valence-electron chi connectivity index (χ1n) is 20.1. The van der Waals surface area contributed by atoms with Crippen molar-refractivity contribution < 1.29 is 77.4 Å². The van der Waals surface area contributed by atoms with Crippen molar-refractivity contribution in [1.82, 2.24) is 26.6 Å². The van der Waals surface area contributed by atoms with E-state index >= 15 is 0 Å². The maximum absolute atomic E-state index is 14.1. The highest BCUT2D eigenvalue weighted by molar-refractivity contribution is 5.98. The molecule has 5 unspecified atom stereocenters. The SMILES string of the molecule is CC(C)[C@H](NC(=O)[C@H](CCC(=O)OC(C)(C)C)NC(=O)[C@H](CC(=O)OC(C)(C)C)NC(=O)C1OC(CN)C(O)C(O)C1O)C(=O)N[C@@H](CC(=O)OC(C)(C)C)C(=O)NCC(N)=O. The highest BCUT2D eigenvalue weighted by Crippen LogP contribution is 2.22. The Balaban J connectivity index is 3.58. The summed E-state index contributed by atoms with van der Waals surface area (Å²) >= 11 is 0. The lowest BCUT2D eigenvalue weighted by atomic mass is 9.94. The number of ether oxygens (including phenoxy) is 4. The number of hydrogen-bond donors (Lipinski definition) is 10. The van der Waals surface area contributed by atoms with E-state index in [9.17, 15) is 58.5 Å². The van der Waals surface area contributed by atoms with Crippen LogP contribution in [0.2, 0.25) is 0 Å². The molecule has 6 amide bonds. The van der Waals surface area contributed by atoms with E-state index in [-0.39, 0.29) is 6.54 Å². The molecule has 1 fully saturated rings. The third-order valence-corrected chi connectivity index (χ3v) is 8.42. The molecule has 0 aromatic carbocycles. The summed E-state index contributed by atoms with van der Waals surface area (Å²) in [7, 11) is 0. The van der Waals surface area contributed by atoms with Gasteiger partial charge in [0.05, 0.1) is 25.5 Å². The number of carbonyl (C=O) groups excluding carboxylic acids is 9. The van der Waals surface area contributed by atoms with E-state index in [0.29, 0.717) is 0 Å². The first-order valence-corrected chi connectivity index (χ1v) is 20.1. The summed E-state index contributed by atoms with van der Waals surface area (Å²) in [5, 5.41) is 42.8. The number of rotatable bonds is 20. The maximum atomic E-state index is 14.1. The maximum Gasteiger partial charge on any atom is 0.308 e. The minimum absolute atomic E-state index is 0.382. The number of hydrogen-bond acceptors (Lipinski definition) is 17. The van der Waals surface area contributed by atoms with Crippen molar-refractivity contribution in [1.29, 1.82) is 0 Å². The molecule has 9 atom stereocenters. The Morgan fingerprint density at radius 3 is 1.52 bits per heavy atom. The third-order valence-electron chi connectivity index (χ3n) is 8.42. The molecular weight excluding hydrogens is 822 g/mol. The van der Waals surface area contributed by atoms with Gasteiger partial charge < -0.3 is 72.3 Å². The van der Waals surface area contributed by atoms with Crippen LogP contribution < -0.4 is 38.1 Å². The van der Waals surface area contributed by atoms with Crippen LogP contribution in [0.25, 0.3) is 0 Å². The lowest BCUT2D eigenvalue weighted by Crippen LogP contribution is -2.64. The number of esters is 3. The van der Waals surface area contributed by atoms with Crippen molar-refractivity contribution in [3.05, 3.63) is 0 Å². The lowest BCUT2D eigenvalue weighted by Gasteiger charge is -2.39. The molecule has 23 heteroatoms. The molecule has 1 rings (SSSR count). The molecule has 354 valence electrons. The number of aliphatic hydroxyl groups is 3. The zero-order valence-corrected chi connectivity index (χ0v) is 37.3. The summed E-state index contributed by atoms with van der Waals surface area (Å²) in [5.74, 6) is -9.76. The topological polar surface area (TPSA) is 363 Å². The Labute approximate surface area is 360 Å². The molecule has 0 spiro atoms. The predicted octanol–water partition coefficient (Wildman–Crippen LogP) is -3.42. The Morgan fingerprint density at radius 1 is 0.613 bits per heavy atom. The van der Waals surface area contributed by atoms with Gasteiger partial charge in [0, 0.05) is 13.0 Å². The van der Waals surface area contributed by atoms with Gasteiger partial charge in [-0.3, -0.25) is 43.2 Å². The van der Waals surface area contributed by atoms with Crippen LogP contribution in [0.1, 0.15) is 102 Å². The van der Waals surface area contributed by atoms with Gasteiger partial charge in [-0.25, -0.2) is 0 Å². The molecule has 0 aromatic rings. The largest absolute Gasteiger partial charge is 0.460 e. The van der Waals surface area contributed by atoms with Crippen LogP contribution in [0.15, 0.2) is 0 Å². The first kappa shape index (κ1) is 55.0. The monoisotopic (exact) mass is 889 g/mol. The fourth-order valence-electron chi connectivity index (χ4n) is 5.68. The minimum atomic E-state index is -2.01. The zero-order chi connectivity index (χ0) is 48.1. The van der Waals surface area contributed by atoms with Crippen LogP contribution >= 0.6 is 0 Å². The Morgan fingerprint density at radius 2 is 1.06 bits per heavy atom. The molecule has 62 heavy (non-hydrogen) atoms. The second kappa shape index (κ2) is 23.5. The molecule has 0 radical (unpaired) electrons. The quantitative estimate of drug-likeness (QED) is 0.0420. The summed E-state index contributed by atoms with van der Waals surface area (Å²) in [6.45, 7) is 16.2. The smallest absolute Gasteiger partial charge is 0.308 e. The van der Waals surface area contributed by atoms with Crippen LogP contribution in [-0.2, 0) is 62.1 Å². The van der Waals surface area contributed by atoms with Crippen LogP contribution in [0, 0.1) is 5.92 Å². The van der Waals surface area contributed by atoms with E-state index in [0.717, 1.165) is 0 Å². The van der Waals surface area contributed by atoms with E-state index in [2.05, 4.69) is 26.6 Å². The van der Waals surface area contributed by atoms with Crippen molar-refractivity contribution in [3.63, 3.8) is 0 Å². The predicted molar refractivity (Wildman–Crippen MR) is 217 cm³/mol. The average molecular weight is 890 g/mol. The normalized spacial score (nSPS) is 21.2. The molecule has 1 aliphatic rings. The van der Waals surface area contributed by atoms with Crippen LogP contribution in [0.3, 0.4) is 0 Å². The standard InChI is InChI=1S/C39H67N7O16/c1-18(2)27(35(57)44-20(32(54)42-17-23(41)47)14-25(49)61-38(6,7)8)46-33(55)19(12-13-24(48)60-37(3,4)5)43-34(56)21(15-26(50)62-39(9,10)11)45-36(58)31-30(53)29(52)28(51)22(16-40)59-31/h18-22,27-31,51-53H,12-17,40H2,1-11H3,(H2,41,47)(H,42,54)(H,43,56)(H,44,57)(H,45,58)(H,46,55)/t19-,20-,21-,22?,27-,28?,29?,30?,31?/m0/s1. The fourth-order valence-corrected chi connectivity index (χ4v) is 5.68. The molecule has 0 aliphatic carbocycles. The van der Waals surface area contributed by atoms with Gasteiger partial charge in [-0.05, 0) is 74.7 Å². The zero-order valence-electron chi connectivity index (χ0n) is 37.3. The molecule has 1 saturated heterocycles. The van der Waals surface area contributed by atoms with Gasteiger partial charge in [-0.2, -0.15) is 0 Å². The van der Waals surface area contributed by atoms with Crippen LogP contribution in [-0.4, -0.2) is 153 Å². The van der Waals surface area contributed by atoms with Gasteiger partial charge in [0.2, 0.25) is 29.5 Å². The van der Waals surface area contributed by atoms with E-state index in [1.54, 1.807) is 41.5 Å². The van der Waals surface area contributed by atoms with E-state index in [4.69, 9.17) is 30.4 Å². The van der Waals surface area contributed by atoms with Gasteiger partial charge >= 0.3 is 17.9 Å². The average Bonchev–Trinajstić information content (AvgIpc) is 3.10. The van der Waals surface area contributed by atoms with Crippen LogP contribution in [0.4, 0.5) is 0 Å². The van der Waals surface area contributed by atoms with E-state index in [1.807, 2.05) is 0 Å². The molecule has 1 aliphatic heterocycles. The number of nitrogens with one attached hydrogen (secondary N) is 5. The van der Waals surface area contributed by atoms with Crippen molar-refractivity contribution in [2.24, 2.45) is 17.4 Å². The third kappa shape index (κ3) is 19.8. The summed E-state index contributed by atoms with van der Waals surface area (Å²) in [6, 6.07) is -6.64. The van der Waals surface area contributed by atoms with Crippen LogP contribution in [0.5, 0.6) is 0 Å². The molecule has 0 bridgehead atoms. The van der Waals surface area contributed by atoms with Gasteiger partial charge in [-0.1, -0.05) is 13.8 Å². The van der Waals surface area contributed by atoms with Crippen molar-refractivity contribution >= 4 is 53.4 Å². The molecule has 23 nitrogen and oxygen atoms in total. The minimum Gasteiger partial charge on any atom is -0.460 e. The van der Waals surface area contributed by atoms with Crippen molar-refractivity contribution in [2.75, 3.05) is 13.1 Å². The molecular formula is C39H67N7O16. The highest BCUT2D eigenvalue weighted by Gasteiger charge is 2.47. The lowest BCUT2D eigenvalue weighted by molar-refractivity contribution is -0.218. The second-order valence-electron chi connectivity index (χ2n) is 18.1. The number of amides is 6. The van der Waals surface area contributed by atoms with Crippen molar-refractivity contribution in [3.8, 4) is 0 Å². The Hall–Kier alpha value is -4.97. The highest BCUT2D eigenvalue weighted by atomic mass is 16.6. The Kier molecular flexibility index (Phi) is 20.8. The summed E-state index contributed by atoms with van der Waals surface area (Å²) in [4.78, 5) is 118. The molecule has 12 N–H and O–H groups in total. The summed E-state index contributed by atoms with van der Waals surface area (Å²) < 4.78 is 21.4. The van der Waals surface area contributed by atoms with E-state index < -0.39 is 163 Å². The fraction of sp³-hybridized carbons (Fsp3) is 0.769.